The molecular formula is C11H12BrN3OS. The Hall–Kier alpha value is -1.14. The van der Waals surface area contributed by atoms with Crippen LogP contribution in [-0.2, 0) is 0 Å². The lowest BCUT2D eigenvalue weighted by Crippen LogP contribution is -2.29. The number of carbonyl (C=O) groups excluding carboxylic acids is 1. The minimum atomic E-state index is -0.0738. The molecule has 6 heteroatoms. The molecule has 1 N–H and O–H groups in total. The van der Waals surface area contributed by atoms with Crippen LogP contribution in [0.2, 0.25) is 0 Å². The number of rotatable bonds is 3. The number of halogens is 1. The van der Waals surface area contributed by atoms with Crippen molar-refractivity contribution in [2.75, 3.05) is 7.05 Å². The first kappa shape index (κ1) is 12.3. The largest absolute Gasteiger partial charge is 0.333 e. The summed E-state index contributed by atoms with van der Waals surface area (Å²) in [5.74, 6) is -0.0738. The summed E-state index contributed by atoms with van der Waals surface area (Å²) in [5.41, 5.74) is 0.482. The topological polar surface area (TPSA) is 49.0 Å². The Bertz CT molecular complexity index is 509. The fraction of sp³-hybridized carbons (Fsp3) is 0.273. The van der Waals surface area contributed by atoms with Gasteiger partial charge in [0.1, 0.15) is 5.69 Å². The molecule has 2 heterocycles. The lowest BCUT2D eigenvalue weighted by atomic mass is 10.2. The third-order valence-corrected chi connectivity index (χ3v) is 4.31. The first-order chi connectivity index (χ1) is 8.11. The Morgan fingerprint density at radius 3 is 2.94 bits per heavy atom. The molecule has 0 saturated heterocycles. The lowest BCUT2D eigenvalue weighted by Gasteiger charge is -2.23. The first-order valence-electron chi connectivity index (χ1n) is 5.10. The van der Waals surface area contributed by atoms with Crippen LogP contribution in [0.25, 0.3) is 0 Å². The molecule has 0 aromatic carbocycles. The Kier molecular flexibility index (Phi) is 3.63. The van der Waals surface area contributed by atoms with Crippen LogP contribution in [0, 0.1) is 0 Å². The van der Waals surface area contributed by atoms with E-state index in [2.05, 4.69) is 26.1 Å². The summed E-state index contributed by atoms with van der Waals surface area (Å²) >= 11 is 4.94. The maximum atomic E-state index is 12.2. The predicted molar refractivity (Wildman–Crippen MR) is 71.1 cm³/mol. The summed E-state index contributed by atoms with van der Waals surface area (Å²) in [6.45, 7) is 2.01. The van der Waals surface area contributed by atoms with Crippen LogP contribution in [0.5, 0.6) is 0 Å². The average Bonchev–Trinajstić information content (AvgIpc) is 2.96. The standard InChI is InChI=1S/C11H12BrN3OS/c1-7(9-4-3-5-17-9)15(2)11(16)10-8(12)6-13-14-10/h3-7H,1-2H3,(H,13,14)/t7-/m1/s1. The van der Waals surface area contributed by atoms with Crippen LogP contribution in [0.15, 0.2) is 28.2 Å². The van der Waals surface area contributed by atoms with Gasteiger partial charge in [0, 0.05) is 11.9 Å². The molecular weight excluding hydrogens is 302 g/mol. The molecule has 2 rings (SSSR count). The van der Waals surface area contributed by atoms with Crippen LogP contribution >= 0.6 is 27.3 Å². The van der Waals surface area contributed by atoms with Gasteiger partial charge in [-0.1, -0.05) is 6.07 Å². The number of H-pyrrole nitrogens is 1. The molecule has 17 heavy (non-hydrogen) atoms. The molecule has 90 valence electrons. The van der Waals surface area contributed by atoms with Gasteiger partial charge in [-0.2, -0.15) is 5.10 Å². The highest BCUT2D eigenvalue weighted by atomic mass is 79.9. The molecule has 0 fully saturated rings. The van der Waals surface area contributed by atoms with Crippen molar-refractivity contribution in [2.24, 2.45) is 0 Å². The summed E-state index contributed by atoms with van der Waals surface area (Å²) in [5, 5.41) is 8.54. The molecule has 1 atom stereocenters. The first-order valence-corrected chi connectivity index (χ1v) is 6.78. The maximum absolute atomic E-state index is 12.2. The summed E-state index contributed by atoms with van der Waals surface area (Å²) < 4.78 is 0.688. The van der Waals surface area contributed by atoms with Crippen molar-refractivity contribution in [2.45, 2.75) is 13.0 Å². The molecule has 0 spiro atoms. The second kappa shape index (κ2) is 5.01. The molecule has 0 saturated carbocycles. The number of hydrogen-bond donors (Lipinski definition) is 1. The van der Waals surface area contributed by atoms with E-state index in [4.69, 9.17) is 0 Å². The van der Waals surface area contributed by atoms with Crippen molar-refractivity contribution < 1.29 is 4.79 Å². The smallest absolute Gasteiger partial charge is 0.273 e. The van der Waals surface area contributed by atoms with Crippen LogP contribution in [0.1, 0.15) is 28.3 Å². The van der Waals surface area contributed by atoms with Gasteiger partial charge >= 0.3 is 0 Å². The van der Waals surface area contributed by atoms with Crippen molar-refractivity contribution >= 4 is 33.2 Å². The van der Waals surface area contributed by atoms with E-state index >= 15 is 0 Å². The lowest BCUT2D eigenvalue weighted by molar-refractivity contribution is 0.0738. The van der Waals surface area contributed by atoms with Crippen molar-refractivity contribution in [3.8, 4) is 0 Å². The van der Waals surface area contributed by atoms with Gasteiger partial charge in [-0.05, 0) is 34.3 Å². The summed E-state index contributed by atoms with van der Waals surface area (Å²) in [6.07, 6.45) is 1.58. The van der Waals surface area contributed by atoms with Gasteiger partial charge in [0.05, 0.1) is 16.7 Å². The van der Waals surface area contributed by atoms with Gasteiger partial charge in [-0.15, -0.1) is 11.3 Å². The molecule has 0 aliphatic carbocycles. The van der Waals surface area contributed by atoms with E-state index in [9.17, 15) is 4.79 Å². The quantitative estimate of drug-likeness (QED) is 0.946. The van der Waals surface area contributed by atoms with Gasteiger partial charge in [-0.25, -0.2) is 0 Å². The Morgan fingerprint density at radius 2 is 2.41 bits per heavy atom. The molecule has 0 aliphatic heterocycles. The zero-order chi connectivity index (χ0) is 12.4. The number of amides is 1. The minimum absolute atomic E-state index is 0.0534. The SMILES string of the molecule is C[C@H](c1cccs1)N(C)C(=O)c1[nH]ncc1Br. The fourth-order valence-electron chi connectivity index (χ4n) is 1.49. The van der Waals surface area contributed by atoms with Crippen molar-refractivity contribution in [3.05, 3.63) is 38.8 Å². The number of aromatic amines is 1. The van der Waals surface area contributed by atoms with E-state index in [1.807, 2.05) is 24.4 Å². The van der Waals surface area contributed by atoms with E-state index in [1.54, 1.807) is 29.5 Å². The van der Waals surface area contributed by atoms with Crippen LogP contribution in [0.4, 0.5) is 0 Å². The number of aromatic nitrogens is 2. The van der Waals surface area contributed by atoms with Crippen LogP contribution in [0.3, 0.4) is 0 Å². The van der Waals surface area contributed by atoms with E-state index in [-0.39, 0.29) is 11.9 Å². The maximum Gasteiger partial charge on any atom is 0.273 e. The summed E-state index contributed by atoms with van der Waals surface area (Å²) in [6, 6.07) is 4.07. The van der Waals surface area contributed by atoms with Crippen molar-refractivity contribution in [1.29, 1.82) is 0 Å². The van der Waals surface area contributed by atoms with Gasteiger partial charge in [0.15, 0.2) is 0 Å². The molecule has 4 nitrogen and oxygen atoms in total. The Balaban J connectivity index is 2.18. The van der Waals surface area contributed by atoms with Gasteiger partial charge < -0.3 is 4.90 Å². The minimum Gasteiger partial charge on any atom is -0.333 e. The third-order valence-electron chi connectivity index (χ3n) is 2.66. The molecule has 2 aromatic rings. The van der Waals surface area contributed by atoms with Gasteiger partial charge in [0.2, 0.25) is 0 Å². The Morgan fingerprint density at radius 1 is 1.65 bits per heavy atom. The normalized spacial score (nSPS) is 12.4. The van der Waals surface area contributed by atoms with Crippen LogP contribution in [-0.4, -0.2) is 28.1 Å². The Labute approximate surface area is 112 Å². The third kappa shape index (κ3) is 2.42. The van der Waals surface area contributed by atoms with E-state index in [0.717, 1.165) is 4.88 Å². The zero-order valence-corrected chi connectivity index (χ0v) is 11.9. The van der Waals surface area contributed by atoms with Crippen molar-refractivity contribution in [3.63, 3.8) is 0 Å². The number of nitrogens with one attached hydrogen (secondary N) is 1. The molecule has 1 amide bonds. The molecule has 2 aromatic heterocycles. The predicted octanol–water partition coefficient (Wildman–Crippen LogP) is 3.07. The summed E-state index contributed by atoms with van der Waals surface area (Å²) in [4.78, 5) is 15.1. The number of carbonyl (C=O) groups is 1. The fourth-order valence-corrected chi connectivity index (χ4v) is 2.68. The summed E-state index contributed by atoms with van der Waals surface area (Å²) in [7, 11) is 1.79. The number of hydrogen-bond acceptors (Lipinski definition) is 3. The molecule has 0 aliphatic rings. The zero-order valence-electron chi connectivity index (χ0n) is 9.48. The second-order valence-electron chi connectivity index (χ2n) is 3.70. The molecule has 0 unspecified atom stereocenters. The number of thiophene rings is 1. The van der Waals surface area contributed by atoms with Gasteiger partial charge in [-0.3, -0.25) is 9.89 Å². The monoisotopic (exact) mass is 313 g/mol. The number of nitrogens with zero attached hydrogens (tertiary/aromatic N) is 2. The highest BCUT2D eigenvalue weighted by Gasteiger charge is 2.22. The van der Waals surface area contributed by atoms with E-state index in [0.29, 0.717) is 10.2 Å². The van der Waals surface area contributed by atoms with Crippen LogP contribution < -0.4 is 0 Å². The second-order valence-corrected chi connectivity index (χ2v) is 5.53. The van der Waals surface area contributed by atoms with E-state index < -0.39 is 0 Å². The van der Waals surface area contributed by atoms with Crippen molar-refractivity contribution in [1.82, 2.24) is 15.1 Å². The highest BCUT2D eigenvalue weighted by molar-refractivity contribution is 9.10. The molecule has 0 bridgehead atoms. The highest BCUT2D eigenvalue weighted by Crippen LogP contribution is 2.25. The average molecular weight is 314 g/mol. The van der Waals surface area contributed by atoms with E-state index in [1.165, 1.54) is 0 Å². The molecule has 0 radical (unpaired) electrons. The van der Waals surface area contributed by atoms with Gasteiger partial charge in [0.25, 0.3) is 5.91 Å².